The number of rotatable bonds is 8. The van der Waals surface area contributed by atoms with Gasteiger partial charge in [-0.15, -0.1) is 0 Å². The molecule has 1 saturated heterocycles. The van der Waals surface area contributed by atoms with Crippen LogP contribution in [0.15, 0.2) is 21.5 Å². The molecule has 0 spiro atoms. The third-order valence-electron chi connectivity index (χ3n) is 3.72. The molecular formula is C18H17BrNO8S-. The fourth-order valence-corrected chi connectivity index (χ4v) is 3.91. The van der Waals surface area contributed by atoms with E-state index in [9.17, 15) is 24.3 Å². The summed E-state index contributed by atoms with van der Waals surface area (Å²) in [5.41, 5.74) is 0.490. The standard InChI is InChI=1S/C18H18BrNO8S/c1-4-27-17(24)9(2)20-16(23)13(29-18(20)25)7-10-5-11(19)15(12(6-10)26-3)28-8-14(21)22/h5-7,9H,4,8H2,1-3H3,(H,21,22)/p-1/b13-7+/t9-/m0/s1. The third kappa shape index (κ3) is 5.30. The van der Waals surface area contributed by atoms with Crippen molar-refractivity contribution in [1.29, 1.82) is 0 Å². The van der Waals surface area contributed by atoms with Crippen molar-refractivity contribution in [3.05, 3.63) is 27.1 Å². The van der Waals surface area contributed by atoms with Gasteiger partial charge in [0.1, 0.15) is 12.6 Å². The minimum atomic E-state index is -1.40. The van der Waals surface area contributed by atoms with Crippen LogP contribution in [0.25, 0.3) is 6.08 Å². The van der Waals surface area contributed by atoms with Crippen molar-refractivity contribution < 1.29 is 38.5 Å². The SMILES string of the molecule is CCOC(=O)[C@H](C)N1C(=O)S/C(=C/c2cc(Br)c(OCC(=O)[O-])c(OC)c2)C1=O. The Kier molecular flexibility index (Phi) is 7.68. The zero-order chi connectivity index (χ0) is 21.7. The maximum atomic E-state index is 12.6. The molecule has 0 radical (unpaired) electrons. The second kappa shape index (κ2) is 9.79. The molecule has 1 fully saturated rings. The molecule has 29 heavy (non-hydrogen) atoms. The summed E-state index contributed by atoms with van der Waals surface area (Å²) in [6.45, 7) is 2.51. The van der Waals surface area contributed by atoms with Gasteiger partial charge in [0.05, 0.1) is 29.1 Å². The number of methoxy groups -OCH3 is 1. The predicted octanol–water partition coefficient (Wildman–Crippen LogP) is 1.57. The highest BCUT2D eigenvalue weighted by Crippen LogP contribution is 2.39. The summed E-state index contributed by atoms with van der Waals surface area (Å²) in [5, 5.41) is 10.0. The van der Waals surface area contributed by atoms with Crippen molar-refractivity contribution >= 4 is 56.9 Å². The molecule has 0 bridgehead atoms. The Hall–Kier alpha value is -2.53. The zero-order valence-electron chi connectivity index (χ0n) is 15.7. The third-order valence-corrected chi connectivity index (χ3v) is 5.20. The van der Waals surface area contributed by atoms with E-state index in [0.29, 0.717) is 21.8 Å². The van der Waals surface area contributed by atoms with Crippen LogP contribution in [0.2, 0.25) is 0 Å². The molecule has 0 aromatic heterocycles. The van der Waals surface area contributed by atoms with Crippen LogP contribution in [-0.4, -0.2) is 54.4 Å². The molecule has 0 aliphatic carbocycles. The van der Waals surface area contributed by atoms with E-state index in [0.717, 1.165) is 4.90 Å². The van der Waals surface area contributed by atoms with Crippen molar-refractivity contribution in [3.63, 3.8) is 0 Å². The average Bonchev–Trinajstić information content (AvgIpc) is 2.93. The minimum absolute atomic E-state index is 0.114. The van der Waals surface area contributed by atoms with E-state index in [4.69, 9.17) is 14.2 Å². The van der Waals surface area contributed by atoms with Gasteiger partial charge in [0.25, 0.3) is 11.1 Å². The fraction of sp³-hybridized carbons (Fsp3) is 0.333. The zero-order valence-corrected chi connectivity index (χ0v) is 18.1. The van der Waals surface area contributed by atoms with Gasteiger partial charge in [-0.3, -0.25) is 14.5 Å². The number of ether oxygens (including phenoxy) is 3. The predicted molar refractivity (Wildman–Crippen MR) is 105 cm³/mol. The van der Waals surface area contributed by atoms with Crippen LogP contribution >= 0.6 is 27.7 Å². The van der Waals surface area contributed by atoms with Gasteiger partial charge in [0.15, 0.2) is 11.5 Å². The average molecular weight is 487 g/mol. The molecule has 0 saturated carbocycles. The minimum Gasteiger partial charge on any atom is -0.546 e. The molecule has 156 valence electrons. The van der Waals surface area contributed by atoms with E-state index in [1.807, 2.05) is 0 Å². The number of nitrogens with zero attached hydrogens (tertiary/aromatic N) is 1. The lowest BCUT2D eigenvalue weighted by atomic mass is 10.1. The molecule has 1 heterocycles. The number of hydrogen-bond acceptors (Lipinski definition) is 9. The number of thioether (sulfide) groups is 1. The number of carbonyl (C=O) groups is 4. The number of aliphatic carboxylic acids is 1. The first kappa shape index (κ1) is 22.8. The molecule has 0 N–H and O–H groups in total. The number of benzene rings is 1. The Balaban J connectivity index is 2.31. The van der Waals surface area contributed by atoms with E-state index < -0.39 is 35.7 Å². The first-order valence-electron chi connectivity index (χ1n) is 8.33. The number of carboxylic acid groups (broad SMARTS) is 1. The molecule has 1 aromatic carbocycles. The Bertz CT molecular complexity index is 885. The summed E-state index contributed by atoms with van der Waals surface area (Å²) in [6.07, 6.45) is 1.46. The van der Waals surface area contributed by atoms with Gasteiger partial charge >= 0.3 is 5.97 Å². The Morgan fingerprint density at radius 3 is 2.62 bits per heavy atom. The number of carbonyl (C=O) groups excluding carboxylic acids is 4. The van der Waals surface area contributed by atoms with Crippen molar-refractivity contribution in [2.75, 3.05) is 20.3 Å². The van der Waals surface area contributed by atoms with Gasteiger partial charge in [-0.25, -0.2) is 4.79 Å². The molecule has 1 aromatic rings. The maximum Gasteiger partial charge on any atom is 0.329 e. The van der Waals surface area contributed by atoms with E-state index >= 15 is 0 Å². The largest absolute Gasteiger partial charge is 0.546 e. The van der Waals surface area contributed by atoms with Crippen LogP contribution in [0.3, 0.4) is 0 Å². The fourth-order valence-electron chi connectivity index (χ4n) is 2.43. The highest BCUT2D eigenvalue weighted by molar-refractivity contribution is 9.10. The number of hydrogen-bond donors (Lipinski definition) is 0. The van der Waals surface area contributed by atoms with Crippen molar-refractivity contribution in [3.8, 4) is 11.5 Å². The lowest BCUT2D eigenvalue weighted by Crippen LogP contribution is -2.42. The summed E-state index contributed by atoms with van der Waals surface area (Å²) in [6, 6.07) is 2.03. The van der Waals surface area contributed by atoms with Crippen LogP contribution < -0.4 is 14.6 Å². The quantitative estimate of drug-likeness (QED) is 0.397. The molecular weight excluding hydrogens is 470 g/mol. The summed E-state index contributed by atoms with van der Waals surface area (Å²) in [4.78, 5) is 48.3. The molecule has 0 unspecified atom stereocenters. The number of esters is 1. The molecule has 2 rings (SSSR count). The van der Waals surface area contributed by atoms with E-state index in [-0.39, 0.29) is 23.0 Å². The number of imide groups is 1. The van der Waals surface area contributed by atoms with Crippen molar-refractivity contribution in [1.82, 2.24) is 4.90 Å². The maximum absolute atomic E-state index is 12.6. The Morgan fingerprint density at radius 1 is 1.34 bits per heavy atom. The van der Waals surface area contributed by atoms with E-state index in [2.05, 4.69) is 15.9 Å². The monoisotopic (exact) mass is 486 g/mol. The number of carboxylic acids is 1. The van der Waals surface area contributed by atoms with E-state index in [1.54, 1.807) is 13.0 Å². The number of amides is 2. The van der Waals surface area contributed by atoms with Gasteiger partial charge in [-0.1, -0.05) is 0 Å². The second-order valence-electron chi connectivity index (χ2n) is 5.67. The van der Waals surface area contributed by atoms with Gasteiger partial charge < -0.3 is 24.1 Å². The highest BCUT2D eigenvalue weighted by atomic mass is 79.9. The number of halogens is 1. The van der Waals surface area contributed by atoms with E-state index in [1.165, 1.54) is 26.2 Å². The lowest BCUT2D eigenvalue weighted by Gasteiger charge is -2.19. The summed E-state index contributed by atoms with van der Waals surface area (Å²) < 4.78 is 15.6. The lowest BCUT2D eigenvalue weighted by molar-refractivity contribution is -0.307. The van der Waals surface area contributed by atoms with Crippen molar-refractivity contribution in [2.24, 2.45) is 0 Å². The van der Waals surface area contributed by atoms with Crippen molar-refractivity contribution in [2.45, 2.75) is 19.9 Å². The Labute approximate surface area is 179 Å². The van der Waals surface area contributed by atoms with Gasteiger partial charge in [0, 0.05) is 0 Å². The summed E-state index contributed by atoms with van der Waals surface area (Å²) in [5.74, 6) is -2.32. The van der Waals surface area contributed by atoms with Crippen LogP contribution in [0, 0.1) is 0 Å². The van der Waals surface area contributed by atoms with Gasteiger partial charge in [-0.05, 0) is 65.3 Å². The normalized spacial score (nSPS) is 16.1. The second-order valence-corrected chi connectivity index (χ2v) is 7.52. The first-order valence-corrected chi connectivity index (χ1v) is 9.94. The topological polar surface area (TPSA) is 122 Å². The van der Waals surface area contributed by atoms with Crippen LogP contribution in [-0.2, 0) is 19.1 Å². The molecule has 11 heteroatoms. The molecule has 1 atom stereocenters. The van der Waals surface area contributed by atoms with Gasteiger partial charge in [0.2, 0.25) is 0 Å². The van der Waals surface area contributed by atoms with Crippen LogP contribution in [0.5, 0.6) is 11.5 Å². The molecule has 9 nitrogen and oxygen atoms in total. The first-order chi connectivity index (χ1) is 13.7. The molecule has 1 aliphatic rings. The highest BCUT2D eigenvalue weighted by Gasteiger charge is 2.41. The van der Waals surface area contributed by atoms with Gasteiger partial charge in [-0.2, -0.15) is 0 Å². The summed E-state index contributed by atoms with van der Waals surface area (Å²) in [7, 11) is 1.37. The molecule has 2 amide bonds. The van der Waals surface area contributed by atoms with Crippen LogP contribution in [0.4, 0.5) is 4.79 Å². The molecule has 1 aliphatic heterocycles. The summed E-state index contributed by atoms with van der Waals surface area (Å²) >= 11 is 3.95. The smallest absolute Gasteiger partial charge is 0.329 e. The van der Waals surface area contributed by atoms with Crippen LogP contribution in [0.1, 0.15) is 19.4 Å². The Morgan fingerprint density at radius 2 is 2.03 bits per heavy atom.